The number of quaternary nitrogens is 1. The molecule has 0 aromatic heterocycles. The highest BCUT2D eigenvalue weighted by molar-refractivity contribution is 5.54. The second-order valence-corrected chi connectivity index (χ2v) is 7.36. The zero-order valence-corrected chi connectivity index (χ0v) is 14.6. The van der Waals surface area contributed by atoms with Crippen LogP contribution in [0, 0.1) is 5.92 Å². The molecule has 0 aliphatic carbocycles. The summed E-state index contributed by atoms with van der Waals surface area (Å²) in [7, 11) is 0. The number of carbonyl (C=O) groups is 1. The summed E-state index contributed by atoms with van der Waals surface area (Å²) in [5.74, 6) is 0.362. The fourth-order valence-electron chi connectivity index (χ4n) is 3.80. The number of amides is 1. The van der Waals surface area contributed by atoms with E-state index in [1.165, 1.54) is 5.56 Å². The molecular formula is C19H30N2O2. The molecule has 128 valence electrons. The molecule has 1 aromatic rings. The van der Waals surface area contributed by atoms with Gasteiger partial charge in [-0.15, -0.1) is 0 Å². The average Bonchev–Trinajstić information content (AvgIpc) is 2.71. The van der Waals surface area contributed by atoms with E-state index in [0.717, 1.165) is 19.3 Å². The SMILES string of the molecule is CC(C)C[N+]1(C(=O)[O-])CCC[C@H](N[C@H](C)c2ccccc2)CC1. The maximum atomic E-state index is 11.8. The quantitative estimate of drug-likeness (QED) is 0.849. The summed E-state index contributed by atoms with van der Waals surface area (Å²) in [5, 5.41) is 15.4. The predicted molar refractivity (Wildman–Crippen MR) is 90.7 cm³/mol. The van der Waals surface area contributed by atoms with Crippen molar-refractivity contribution in [2.45, 2.75) is 52.1 Å². The Morgan fingerprint density at radius 2 is 1.91 bits per heavy atom. The molecule has 1 aliphatic rings. The van der Waals surface area contributed by atoms with Crippen molar-refractivity contribution in [3.05, 3.63) is 35.9 Å². The van der Waals surface area contributed by atoms with Crippen LogP contribution in [-0.2, 0) is 0 Å². The third-order valence-corrected chi connectivity index (χ3v) is 4.93. The van der Waals surface area contributed by atoms with Gasteiger partial charge in [-0.3, -0.25) is 4.48 Å². The van der Waals surface area contributed by atoms with Gasteiger partial charge in [-0.1, -0.05) is 44.2 Å². The van der Waals surface area contributed by atoms with Crippen LogP contribution >= 0.6 is 0 Å². The Balaban J connectivity index is 1.99. The minimum Gasteiger partial charge on any atom is -0.498 e. The maximum absolute atomic E-state index is 11.8. The van der Waals surface area contributed by atoms with E-state index < -0.39 is 6.09 Å². The second kappa shape index (κ2) is 7.93. The number of benzene rings is 1. The lowest BCUT2D eigenvalue weighted by atomic mass is 10.0. The monoisotopic (exact) mass is 318 g/mol. The van der Waals surface area contributed by atoms with E-state index in [9.17, 15) is 9.90 Å². The molecule has 4 heteroatoms. The Kier molecular flexibility index (Phi) is 6.19. The second-order valence-electron chi connectivity index (χ2n) is 7.36. The molecular weight excluding hydrogens is 288 g/mol. The standard InChI is InChI=1S/C19H30N2O2/c1-15(2)14-21(19(22)23)12-7-10-18(11-13-21)20-16(3)17-8-5-4-6-9-17/h4-6,8-9,15-16,18,20H,7,10-14H2,1-3H3/t16-,18+,21?/m1/s1. The van der Waals surface area contributed by atoms with E-state index >= 15 is 0 Å². The Morgan fingerprint density at radius 3 is 2.52 bits per heavy atom. The van der Waals surface area contributed by atoms with Crippen LogP contribution in [0.25, 0.3) is 0 Å². The third kappa shape index (κ3) is 4.79. The highest BCUT2D eigenvalue weighted by atomic mass is 16.4. The molecule has 0 bridgehead atoms. The van der Waals surface area contributed by atoms with E-state index in [1.807, 2.05) is 6.07 Å². The molecule has 1 aromatic carbocycles. The number of nitrogens with zero attached hydrogens (tertiary/aromatic N) is 1. The number of carboxylic acid groups (broad SMARTS) is 1. The van der Waals surface area contributed by atoms with Crippen LogP contribution in [0.15, 0.2) is 30.3 Å². The normalized spacial score (nSPS) is 26.7. The van der Waals surface area contributed by atoms with Crippen molar-refractivity contribution in [2.24, 2.45) is 5.92 Å². The Labute approximate surface area is 140 Å². The number of nitrogens with one attached hydrogen (secondary N) is 1. The van der Waals surface area contributed by atoms with E-state index in [1.54, 1.807) is 0 Å². The summed E-state index contributed by atoms with van der Waals surface area (Å²) in [6.45, 7) is 8.37. The molecule has 0 saturated carbocycles. The summed E-state index contributed by atoms with van der Waals surface area (Å²) in [6.07, 6.45) is 1.94. The summed E-state index contributed by atoms with van der Waals surface area (Å²) in [4.78, 5) is 11.8. The van der Waals surface area contributed by atoms with Gasteiger partial charge in [-0.25, -0.2) is 0 Å². The first kappa shape index (κ1) is 18.0. The lowest BCUT2D eigenvalue weighted by Gasteiger charge is -2.38. The molecule has 1 fully saturated rings. The number of likely N-dealkylation sites (tertiary alicyclic amines) is 1. The fourth-order valence-corrected chi connectivity index (χ4v) is 3.80. The molecule has 3 atom stereocenters. The van der Waals surface area contributed by atoms with Gasteiger partial charge in [-0.2, -0.15) is 0 Å². The molecule has 23 heavy (non-hydrogen) atoms. The molecule has 1 saturated heterocycles. The zero-order chi connectivity index (χ0) is 16.9. The van der Waals surface area contributed by atoms with E-state index in [-0.39, 0.29) is 10.5 Å². The molecule has 0 spiro atoms. The van der Waals surface area contributed by atoms with Crippen LogP contribution < -0.4 is 10.4 Å². The zero-order valence-electron chi connectivity index (χ0n) is 14.6. The lowest BCUT2D eigenvalue weighted by molar-refractivity contribution is -0.878. The van der Waals surface area contributed by atoms with Gasteiger partial charge < -0.3 is 15.2 Å². The number of hydrogen-bond acceptors (Lipinski definition) is 3. The van der Waals surface area contributed by atoms with Gasteiger partial charge >= 0.3 is 0 Å². The molecule has 1 heterocycles. The van der Waals surface area contributed by atoms with Crippen molar-refractivity contribution < 1.29 is 14.4 Å². The first-order chi connectivity index (χ1) is 10.9. The summed E-state index contributed by atoms with van der Waals surface area (Å²) >= 11 is 0. The molecule has 1 N–H and O–H groups in total. The van der Waals surface area contributed by atoms with Crippen LogP contribution in [0.3, 0.4) is 0 Å². The first-order valence-corrected chi connectivity index (χ1v) is 8.81. The van der Waals surface area contributed by atoms with E-state index in [2.05, 4.69) is 50.4 Å². The molecule has 2 rings (SSSR count). The number of rotatable bonds is 5. The highest BCUT2D eigenvalue weighted by Gasteiger charge is 2.34. The van der Waals surface area contributed by atoms with Gasteiger partial charge in [0.1, 0.15) is 0 Å². The van der Waals surface area contributed by atoms with Crippen molar-refractivity contribution in [1.82, 2.24) is 5.32 Å². The summed E-state index contributed by atoms with van der Waals surface area (Å²) < 4.78 is 0.121. The predicted octanol–water partition coefficient (Wildman–Crippen LogP) is 2.71. The minimum absolute atomic E-state index is 0.121. The van der Waals surface area contributed by atoms with Crippen molar-refractivity contribution in [3.8, 4) is 0 Å². The molecule has 1 amide bonds. The van der Waals surface area contributed by atoms with Crippen LogP contribution in [0.1, 0.15) is 51.6 Å². The van der Waals surface area contributed by atoms with Crippen LogP contribution in [0.5, 0.6) is 0 Å². The van der Waals surface area contributed by atoms with Crippen molar-refractivity contribution in [3.63, 3.8) is 0 Å². The third-order valence-electron chi connectivity index (χ3n) is 4.93. The van der Waals surface area contributed by atoms with Gasteiger partial charge in [0.25, 0.3) is 6.09 Å². The summed E-state index contributed by atoms with van der Waals surface area (Å²) in [5.41, 5.74) is 1.28. The maximum Gasteiger partial charge on any atom is 0.257 e. The van der Waals surface area contributed by atoms with Crippen LogP contribution in [-0.4, -0.2) is 36.3 Å². The number of carbonyl (C=O) groups excluding carboxylic acids is 1. The fraction of sp³-hybridized carbons (Fsp3) is 0.632. The van der Waals surface area contributed by atoms with E-state index in [4.69, 9.17) is 0 Å². The smallest absolute Gasteiger partial charge is 0.257 e. The van der Waals surface area contributed by atoms with Crippen LogP contribution in [0.2, 0.25) is 0 Å². The topological polar surface area (TPSA) is 52.2 Å². The van der Waals surface area contributed by atoms with Gasteiger partial charge in [0, 0.05) is 24.4 Å². The minimum atomic E-state index is -0.907. The lowest BCUT2D eigenvalue weighted by Crippen LogP contribution is -2.60. The Bertz CT molecular complexity index is 503. The van der Waals surface area contributed by atoms with Crippen molar-refractivity contribution in [1.29, 1.82) is 0 Å². The largest absolute Gasteiger partial charge is 0.498 e. The Hall–Kier alpha value is -1.39. The van der Waals surface area contributed by atoms with Gasteiger partial charge in [0.2, 0.25) is 0 Å². The van der Waals surface area contributed by atoms with E-state index in [0.29, 0.717) is 31.6 Å². The highest BCUT2D eigenvalue weighted by Crippen LogP contribution is 2.23. The van der Waals surface area contributed by atoms with Gasteiger partial charge in [-0.05, 0) is 25.3 Å². The van der Waals surface area contributed by atoms with Crippen molar-refractivity contribution >= 4 is 6.09 Å². The summed E-state index contributed by atoms with van der Waals surface area (Å²) in [6, 6.07) is 11.1. The van der Waals surface area contributed by atoms with Gasteiger partial charge in [0.15, 0.2) is 0 Å². The molecule has 0 radical (unpaired) electrons. The molecule has 4 nitrogen and oxygen atoms in total. The molecule has 1 unspecified atom stereocenters. The molecule has 1 aliphatic heterocycles. The average molecular weight is 318 g/mol. The van der Waals surface area contributed by atoms with Gasteiger partial charge in [0.05, 0.1) is 19.6 Å². The van der Waals surface area contributed by atoms with Crippen molar-refractivity contribution in [2.75, 3.05) is 19.6 Å². The van der Waals surface area contributed by atoms with Crippen LogP contribution in [0.4, 0.5) is 4.79 Å². The first-order valence-electron chi connectivity index (χ1n) is 8.81. The number of hydrogen-bond donors (Lipinski definition) is 1. The Morgan fingerprint density at radius 1 is 1.22 bits per heavy atom.